The number of aromatic nitrogens is 2. The van der Waals surface area contributed by atoms with Crippen molar-refractivity contribution in [1.29, 1.82) is 0 Å². The third kappa shape index (κ3) is 2.90. The van der Waals surface area contributed by atoms with Gasteiger partial charge in [-0.3, -0.25) is 14.2 Å². The van der Waals surface area contributed by atoms with Gasteiger partial charge in [-0.25, -0.2) is 4.98 Å². The molecule has 5 nitrogen and oxygen atoms in total. The summed E-state index contributed by atoms with van der Waals surface area (Å²) in [6.07, 6.45) is 6.23. The van der Waals surface area contributed by atoms with Crippen LogP contribution in [0.1, 0.15) is 60.1 Å². The topological polar surface area (TPSA) is 55.2 Å². The van der Waals surface area contributed by atoms with Gasteiger partial charge in [-0.15, -0.1) is 11.3 Å². The van der Waals surface area contributed by atoms with E-state index in [1.807, 2.05) is 16.4 Å². The van der Waals surface area contributed by atoms with Crippen molar-refractivity contribution in [2.24, 2.45) is 5.92 Å². The second-order valence-electron chi connectivity index (χ2n) is 7.51. The molecule has 2 aromatic rings. The molecule has 4 rings (SSSR count). The second-order valence-corrected chi connectivity index (χ2v) is 8.51. The molecule has 0 aromatic carbocycles. The van der Waals surface area contributed by atoms with E-state index in [9.17, 15) is 9.59 Å². The van der Waals surface area contributed by atoms with Gasteiger partial charge >= 0.3 is 0 Å². The number of likely N-dealkylation sites (tertiary alicyclic amines) is 1. The van der Waals surface area contributed by atoms with Crippen LogP contribution in [-0.2, 0) is 13.0 Å². The lowest BCUT2D eigenvalue weighted by Crippen LogP contribution is -2.37. The van der Waals surface area contributed by atoms with Crippen LogP contribution in [0.2, 0.25) is 0 Å². The zero-order valence-electron chi connectivity index (χ0n) is 15.0. The molecule has 0 aliphatic carbocycles. The first-order chi connectivity index (χ1) is 12.1. The van der Waals surface area contributed by atoms with Gasteiger partial charge in [-0.05, 0) is 44.1 Å². The highest BCUT2D eigenvalue weighted by molar-refractivity contribution is 7.20. The minimum atomic E-state index is 0.0435. The first kappa shape index (κ1) is 16.8. The SMILES string of the molecule is Cc1c(C(=O)N2CCC(C)CC2)sc2nc3n(c(=O)c12)CCCCC3. The number of hydrogen-bond donors (Lipinski definition) is 0. The van der Waals surface area contributed by atoms with Gasteiger partial charge < -0.3 is 4.90 Å². The van der Waals surface area contributed by atoms with Gasteiger partial charge in [0.2, 0.25) is 0 Å². The van der Waals surface area contributed by atoms with E-state index in [2.05, 4.69) is 6.92 Å². The second kappa shape index (κ2) is 6.56. The molecular formula is C19H25N3O2S. The number of piperidine rings is 1. The zero-order valence-corrected chi connectivity index (χ0v) is 15.8. The Labute approximate surface area is 151 Å². The molecule has 0 atom stereocenters. The van der Waals surface area contributed by atoms with Gasteiger partial charge in [0.25, 0.3) is 11.5 Å². The van der Waals surface area contributed by atoms with Gasteiger partial charge in [-0.1, -0.05) is 13.3 Å². The summed E-state index contributed by atoms with van der Waals surface area (Å²) in [5.74, 6) is 1.66. The van der Waals surface area contributed by atoms with Gasteiger partial charge in [0, 0.05) is 26.1 Å². The van der Waals surface area contributed by atoms with E-state index in [-0.39, 0.29) is 11.5 Å². The maximum atomic E-state index is 13.0. The highest BCUT2D eigenvalue weighted by Gasteiger charge is 2.27. The van der Waals surface area contributed by atoms with Crippen LogP contribution in [0.5, 0.6) is 0 Å². The molecule has 25 heavy (non-hydrogen) atoms. The summed E-state index contributed by atoms with van der Waals surface area (Å²) in [4.78, 5) is 34.1. The van der Waals surface area contributed by atoms with Crippen LogP contribution >= 0.6 is 11.3 Å². The lowest BCUT2D eigenvalue weighted by molar-refractivity contribution is 0.0701. The van der Waals surface area contributed by atoms with Gasteiger partial charge in [0.1, 0.15) is 10.7 Å². The smallest absolute Gasteiger partial charge is 0.264 e. The molecule has 2 aliphatic rings. The number of aryl methyl sites for hydroxylation is 2. The van der Waals surface area contributed by atoms with Crippen molar-refractivity contribution in [3.8, 4) is 0 Å². The van der Waals surface area contributed by atoms with Crippen LogP contribution < -0.4 is 5.56 Å². The monoisotopic (exact) mass is 359 g/mol. The predicted octanol–water partition coefficient (Wildman–Crippen LogP) is 3.36. The normalized spacial score (nSPS) is 19.0. The van der Waals surface area contributed by atoms with Crippen molar-refractivity contribution in [3.63, 3.8) is 0 Å². The molecule has 1 amide bonds. The first-order valence-corrected chi connectivity index (χ1v) is 10.2. The number of rotatable bonds is 1. The van der Waals surface area contributed by atoms with Crippen molar-refractivity contribution in [1.82, 2.24) is 14.5 Å². The zero-order chi connectivity index (χ0) is 17.6. The number of thiophene rings is 1. The predicted molar refractivity (Wildman–Crippen MR) is 100 cm³/mol. The Balaban J connectivity index is 1.76. The lowest BCUT2D eigenvalue weighted by atomic mass is 9.99. The molecule has 2 aromatic heterocycles. The van der Waals surface area contributed by atoms with Gasteiger partial charge in [0.05, 0.1) is 10.3 Å². The third-order valence-electron chi connectivity index (χ3n) is 5.68. The largest absolute Gasteiger partial charge is 0.338 e. The molecule has 0 saturated carbocycles. The molecule has 4 heterocycles. The quantitative estimate of drug-likeness (QED) is 0.784. The van der Waals surface area contributed by atoms with Crippen molar-refractivity contribution in [2.75, 3.05) is 13.1 Å². The summed E-state index contributed by atoms with van der Waals surface area (Å²) < 4.78 is 1.84. The molecule has 0 radical (unpaired) electrons. The molecule has 0 bridgehead atoms. The number of nitrogens with zero attached hydrogens (tertiary/aromatic N) is 3. The maximum absolute atomic E-state index is 13.0. The summed E-state index contributed by atoms with van der Waals surface area (Å²) in [6, 6.07) is 0. The Bertz CT molecular complexity index is 875. The Morgan fingerprint density at radius 1 is 1.16 bits per heavy atom. The first-order valence-electron chi connectivity index (χ1n) is 9.38. The van der Waals surface area contributed by atoms with Crippen molar-refractivity contribution in [3.05, 3.63) is 26.6 Å². The number of carbonyl (C=O) groups excluding carboxylic acids is 1. The van der Waals surface area contributed by atoms with E-state index in [0.717, 1.165) is 74.4 Å². The molecule has 6 heteroatoms. The molecular weight excluding hydrogens is 334 g/mol. The van der Waals surface area contributed by atoms with Crippen molar-refractivity contribution >= 4 is 27.5 Å². The summed E-state index contributed by atoms with van der Waals surface area (Å²) in [5.41, 5.74) is 0.864. The van der Waals surface area contributed by atoms with Crippen molar-refractivity contribution < 1.29 is 4.79 Å². The summed E-state index contributed by atoms with van der Waals surface area (Å²) >= 11 is 1.40. The third-order valence-corrected chi connectivity index (χ3v) is 6.85. The van der Waals surface area contributed by atoms with E-state index in [4.69, 9.17) is 4.98 Å². The van der Waals surface area contributed by atoms with E-state index < -0.39 is 0 Å². The maximum Gasteiger partial charge on any atom is 0.264 e. The number of hydrogen-bond acceptors (Lipinski definition) is 4. The average Bonchev–Trinajstić information content (AvgIpc) is 2.78. The summed E-state index contributed by atoms with van der Waals surface area (Å²) in [7, 11) is 0. The molecule has 2 aliphatic heterocycles. The molecule has 1 saturated heterocycles. The molecule has 0 spiro atoms. The fraction of sp³-hybridized carbons (Fsp3) is 0.632. The van der Waals surface area contributed by atoms with Crippen molar-refractivity contribution in [2.45, 2.75) is 58.9 Å². The molecule has 0 unspecified atom stereocenters. The van der Waals surface area contributed by atoms with Crippen LogP contribution in [-0.4, -0.2) is 33.4 Å². The highest BCUT2D eigenvalue weighted by atomic mass is 32.1. The Hall–Kier alpha value is -1.69. The van der Waals surface area contributed by atoms with Gasteiger partial charge in [0.15, 0.2) is 0 Å². The van der Waals surface area contributed by atoms with E-state index in [0.29, 0.717) is 16.2 Å². The average molecular weight is 359 g/mol. The number of fused-ring (bicyclic) bond motifs is 2. The Kier molecular flexibility index (Phi) is 4.40. The van der Waals surface area contributed by atoms with E-state index in [1.54, 1.807) is 0 Å². The molecule has 1 fully saturated rings. The number of carbonyl (C=O) groups is 1. The minimum Gasteiger partial charge on any atom is -0.338 e. The fourth-order valence-corrected chi connectivity index (χ4v) is 5.13. The Morgan fingerprint density at radius 3 is 2.68 bits per heavy atom. The van der Waals surface area contributed by atoms with E-state index >= 15 is 0 Å². The van der Waals surface area contributed by atoms with Crippen LogP contribution in [0.15, 0.2) is 4.79 Å². The fourth-order valence-electron chi connectivity index (χ4n) is 3.97. The van der Waals surface area contributed by atoms with Crippen LogP contribution in [0, 0.1) is 12.8 Å². The summed E-state index contributed by atoms with van der Waals surface area (Å²) in [6.45, 7) is 6.53. The Morgan fingerprint density at radius 2 is 1.92 bits per heavy atom. The number of amides is 1. The lowest BCUT2D eigenvalue weighted by Gasteiger charge is -2.30. The highest BCUT2D eigenvalue weighted by Crippen LogP contribution is 2.30. The van der Waals surface area contributed by atoms with E-state index in [1.165, 1.54) is 11.3 Å². The molecule has 0 N–H and O–H groups in total. The van der Waals surface area contributed by atoms with Crippen LogP contribution in [0.4, 0.5) is 0 Å². The van der Waals surface area contributed by atoms with Crippen LogP contribution in [0.25, 0.3) is 10.2 Å². The van der Waals surface area contributed by atoms with Gasteiger partial charge in [-0.2, -0.15) is 0 Å². The van der Waals surface area contributed by atoms with Crippen LogP contribution in [0.3, 0.4) is 0 Å². The standard InChI is InChI=1S/C19H25N3O2S/c1-12-7-10-21(11-8-12)19(24)16-13(2)15-17(25-16)20-14-6-4-3-5-9-22(14)18(15)23/h12H,3-11H2,1-2H3. The minimum absolute atomic E-state index is 0.0435. The molecule has 134 valence electrons. The summed E-state index contributed by atoms with van der Waals surface area (Å²) in [5, 5.41) is 0.657.